The first kappa shape index (κ1) is 17.4. The van der Waals surface area contributed by atoms with Crippen LogP contribution in [0.25, 0.3) is 0 Å². The number of hydroxylamine groups is 2. The third kappa shape index (κ3) is 3.64. The fraction of sp³-hybridized carbons (Fsp3) is 0.222. The van der Waals surface area contributed by atoms with E-state index in [1.54, 1.807) is 12.1 Å². The van der Waals surface area contributed by atoms with Crippen LogP contribution in [0.5, 0.6) is 17.2 Å². The van der Waals surface area contributed by atoms with Crippen molar-refractivity contribution in [2.45, 2.75) is 0 Å². The molecule has 8 heteroatoms. The molecule has 3 rings (SSSR count). The second kappa shape index (κ2) is 7.22. The van der Waals surface area contributed by atoms with Crippen LogP contribution in [0.2, 0.25) is 0 Å². The molecule has 0 aliphatic carbocycles. The van der Waals surface area contributed by atoms with Crippen LogP contribution in [0.1, 0.15) is 0 Å². The molecule has 0 amide bonds. The van der Waals surface area contributed by atoms with Crippen LogP contribution < -0.4 is 20.2 Å². The van der Waals surface area contributed by atoms with Crippen molar-refractivity contribution in [3.8, 4) is 17.2 Å². The first-order valence-corrected chi connectivity index (χ1v) is 7.91. The van der Waals surface area contributed by atoms with Gasteiger partial charge in [-0.05, 0) is 18.2 Å². The fourth-order valence-corrected chi connectivity index (χ4v) is 2.40. The average molecular weight is 356 g/mol. The zero-order valence-corrected chi connectivity index (χ0v) is 14.8. The minimum absolute atomic E-state index is 0.0799. The molecule has 2 N–H and O–H groups in total. The molecule has 0 radical (unpaired) electrons. The maximum absolute atomic E-state index is 11.4. The van der Waals surface area contributed by atoms with Crippen LogP contribution in [-0.4, -0.2) is 45.1 Å². The number of carbonyl (C=O) groups excluding carboxylic acids is 1. The number of ether oxygens (including phenoxy) is 2. The summed E-state index contributed by atoms with van der Waals surface area (Å²) in [5.41, 5.74) is 8.00. The van der Waals surface area contributed by atoms with Crippen molar-refractivity contribution in [2.24, 2.45) is 4.99 Å². The first-order valence-electron chi connectivity index (χ1n) is 7.91. The number of nitrogens with zero attached hydrogens (tertiary/aromatic N) is 3. The van der Waals surface area contributed by atoms with E-state index in [1.807, 2.05) is 43.3 Å². The Morgan fingerprint density at radius 1 is 1.27 bits per heavy atom. The largest absolute Gasteiger partial charge is 0.468 e. The third-order valence-electron chi connectivity index (χ3n) is 3.71. The van der Waals surface area contributed by atoms with Gasteiger partial charge in [0, 0.05) is 20.2 Å². The maximum Gasteiger partial charge on any atom is 0.329 e. The number of anilines is 2. The summed E-state index contributed by atoms with van der Waals surface area (Å²) in [5.74, 6) is 1.10. The van der Waals surface area contributed by atoms with Crippen molar-refractivity contribution in [2.75, 3.05) is 38.4 Å². The highest BCUT2D eigenvalue weighted by Crippen LogP contribution is 2.41. The Morgan fingerprint density at radius 3 is 2.77 bits per heavy atom. The van der Waals surface area contributed by atoms with Gasteiger partial charge < -0.3 is 24.9 Å². The van der Waals surface area contributed by atoms with Crippen LogP contribution >= 0.6 is 0 Å². The molecular weight excluding hydrogens is 336 g/mol. The summed E-state index contributed by atoms with van der Waals surface area (Å²) in [6.07, 6.45) is 1.40. The summed E-state index contributed by atoms with van der Waals surface area (Å²) in [5, 5.41) is 1.28. The van der Waals surface area contributed by atoms with Crippen LogP contribution in [0.15, 0.2) is 41.4 Å². The zero-order valence-electron chi connectivity index (χ0n) is 14.8. The van der Waals surface area contributed by atoms with E-state index in [0.717, 1.165) is 5.69 Å². The summed E-state index contributed by atoms with van der Waals surface area (Å²) in [7, 11) is 5.17. The number of nitrogen functional groups attached to an aromatic ring is 1. The number of hydrogen-bond donors (Lipinski definition) is 1. The lowest BCUT2D eigenvalue weighted by Gasteiger charge is -2.24. The van der Waals surface area contributed by atoms with Crippen LogP contribution in [0.3, 0.4) is 0 Å². The fourth-order valence-electron chi connectivity index (χ4n) is 2.40. The Morgan fingerprint density at radius 2 is 2.04 bits per heavy atom. The van der Waals surface area contributed by atoms with Crippen molar-refractivity contribution >= 4 is 29.4 Å². The highest BCUT2D eigenvalue weighted by atomic mass is 16.7. The summed E-state index contributed by atoms with van der Waals surface area (Å²) in [6, 6.07) is 10.9. The predicted molar refractivity (Wildman–Crippen MR) is 99.2 cm³/mol. The quantitative estimate of drug-likeness (QED) is 0.650. The molecular formula is C18H20N4O4. The van der Waals surface area contributed by atoms with E-state index >= 15 is 0 Å². The van der Waals surface area contributed by atoms with E-state index in [-0.39, 0.29) is 6.54 Å². The van der Waals surface area contributed by atoms with E-state index in [1.165, 1.54) is 18.5 Å². The molecule has 1 heterocycles. The number of methoxy groups -OCH3 is 1. The molecule has 1 aliphatic heterocycles. The molecule has 0 saturated heterocycles. The van der Waals surface area contributed by atoms with Gasteiger partial charge in [0.05, 0.1) is 18.5 Å². The maximum atomic E-state index is 11.4. The Kier molecular flexibility index (Phi) is 4.83. The van der Waals surface area contributed by atoms with Crippen molar-refractivity contribution < 1.29 is 19.1 Å². The number of esters is 1. The third-order valence-corrected chi connectivity index (χ3v) is 3.71. The molecule has 8 nitrogen and oxygen atoms in total. The van der Waals surface area contributed by atoms with Gasteiger partial charge >= 0.3 is 5.97 Å². The van der Waals surface area contributed by atoms with Gasteiger partial charge in [-0.25, -0.2) is 4.99 Å². The van der Waals surface area contributed by atoms with Gasteiger partial charge in [0.2, 0.25) is 0 Å². The van der Waals surface area contributed by atoms with E-state index < -0.39 is 5.97 Å². The minimum atomic E-state index is -0.438. The molecule has 0 unspecified atom stereocenters. The number of nitrogens with two attached hydrogens (primary N) is 1. The molecule has 0 saturated carbocycles. The highest BCUT2D eigenvalue weighted by molar-refractivity contribution is 5.78. The van der Waals surface area contributed by atoms with Gasteiger partial charge in [0.15, 0.2) is 23.8 Å². The van der Waals surface area contributed by atoms with Gasteiger partial charge in [-0.1, -0.05) is 12.1 Å². The molecule has 2 aromatic carbocycles. The highest BCUT2D eigenvalue weighted by Gasteiger charge is 2.20. The Hall–Kier alpha value is -3.42. The lowest BCUT2D eigenvalue weighted by atomic mass is 10.2. The van der Waals surface area contributed by atoms with Gasteiger partial charge in [-0.15, -0.1) is 0 Å². The monoisotopic (exact) mass is 356 g/mol. The van der Waals surface area contributed by atoms with Gasteiger partial charge in [0.1, 0.15) is 12.0 Å². The first-order chi connectivity index (χ1) is 12.5. The molecule has 2 aromatic rings. The summed E-state index contributed by atoms with van der Waals surface area (Å²) < 4.78 is 10.6. The van der Waals surface area contributed by atoms with Gasteiger partial charge in [0.25, 0.3) is 0 Å². The number of para-hydroxylation sites is 2. The SMILES string of the molecule is COC(=O)CN1C=Nc2cc(N)c(Oc3ccccc3N(C)C)cc2O1. The normalized spacial score (nSPS) is 12.2. The van der Waals surface area contributed by atoms with Crippen molar-refractivity contribution in [3.63, 3.8) is 0 Å². The minimum Gasteiger partial charge on any atom is -0.468 e. The van der Waals surface area contributed by atoms with E-state index in [0.29, 0.717) is 28.6 Å². The van der Waals surface area contributed by atoms with Gasteiger partial charge in [-0.3, -0.25) is 4.79 Å². The topological polar surface area (TPSA) is 89.6 Å². The number of hydrogen-bond acceptors (Lipinski definition) is 8. The van der Waals surface area contributed by atoms with E-state index in [4.69, 9.17) is 15.3 Å². The standard InChI is InChI=1S/C18H20N4O4/c1-21(2)14-6-4-5-7-15(14)25-16-9-17-13(8-12(16)19)20-11-22(26-17)10-18(23)24-3/h4-9,11H,10,19H2,1-3H3. The number of fused-ring (bicyclic) bond motifs is 1. The number of benzene rings is 2. The molecule has 1 aliphatic rings. The summed E-state index contributed by atoms with van der Waals surface area (Å²) in [4.78, 5) is 23.2. The van der Waals surface area contributed by atoms with Crippen LogP contribution in [0, 0.1) is 0 Å². The van der Waals surface area contributed by atoms with Crippen LogP contribution in [0.4, 0.5) is 17.1 Å². The Bertz CT molecular complexity index is 851. The summed E-state index contributed by atoms with van der Waals surface area (Å²) >= 11 is 0. The molecule has 0 atom stereocenters. The lowest BCUT2D eigenvalue weighted by Crippen LogP contribution is -2.33. The number of carbonyl (C=O) groups is 1. The van der Waals surface area contributed by atoms with E-state index in [2.05, 4.69) is 9.73 Å². The predicted octanol–water partition coefficient (Wildman–Crippen LogP) is 2.57. The van der Waals surface area contributed by atoms with Crippen LogP contribution in [-0.2, 0) is 9.53 Å². The molecule has 26 heavy (non-hydrogen) atoms. The van der Waals surface area contributed by atoms with Crippen molar-refractivity contribution in [1.82, 2.24) is 5.06 Å². The Labute approximate surface area is 151 Å². The molecule has 0 bridgehead atoms. The lowest BCUT2D eigenvalue weighted by molar-refractivity contribution is -0.145. The number of rotatable bonds is 5. The van der Waals surface area contributed by atoms with Crippen molar-refractivity contribution in [1.29, 1.82) is 0 Å². The zero-order chi connectivity index (χ0) is 18.7. The second-order valence-corrected chi connectivity index (χ2v) is 5.81. The molecule has 0 spiro atoms. The second-order valence-electron chi connectivity index (χ2n) is 5.81. The smallest absolute Gasteiger partial charge is 0.329 e. The Balaban J connectivity index is 1.87. The van der Waals surface area contributed by atoms with E-state index in [9.17, 15) is 4.79 Å². The van der Waals surface area contributed by atoms with Gasteiger partial charge in [-0.2, -0.15) is 5.06 Å². The van der Waals surface area contributed by atoms with Crippen molar-refractivity contribution in [3.05, 3.63) is 36.4 Å². The number of aliphatic imine (C=N–C) groups is 1. The molecule has 0 aromatic heterocycles. The summed E-state index contributed by atoms with van der Waals surface area (Å²) in [6.45, 7) is -0.0799. The average Bonchev–Trinajstić information content (AvgIpc) is 2.62. The molecule has 0 fully saturated rings. The molecule has 136 valence electrons.